The Bertz CT molecular complexity index is 114. The Morgan fingerprint density at radius 1 is 1.44 bits per heavy atom. The monoisotopic (exact) mass is 121 g/mol. The first kappa shape index (κ1) is 5.78. The van der Waals surface area contributed by atoms with Crippen LogP contribution in [0.5, 0.6) is 0 Å². The van der Waals surface area contributed by atoms with E-state index in [9.17, 15) is 0 Å². The Morgan fingerprint density at radius 2 is 2.22 bits per heavy atom. The van der Waals surface area contributed by atoms with E-state index in [2.05, 4.69) is 6.92 Å². The van der Waals surface area contributed by atoms with E-state index < -0.39 is 0 Å². The maximum atomic E-state index is 5.74. The van der Waals surface area contributed by atoms with Crippen LogP contribution in [0.1, 0.15) is 19.8 Å². The Morgan fingerprint density at radius 3 is 2.56 bits per heavy atom. The second kappa shape index (κ2) is 1.75. The summed E-state index contributed by atoms with van der Waals surface area (Å²) < 4.78 is 0. The second-order valence-electron chi connectivity index (χ2n) is 3.58. The molecule has 3 atom stereocenters. The van der Waals surface area contributed by atoms with Crippen molar-refractivity contribution >= 4 is 7.98 Å². The molecule has 1 heterocycles. The lowest BCUT2D eigenvalue weighted by Gasteiger charge is -2.27. The maximum Gasteiger partial charge on any atom is 0.182 e. The summed E-state index contributed by atoms with van der Waals surface area (Å²) in [6.45, 7) is 3.46. The van der Waals surface area contributed by atoms with Gasteiger partial charge in [-0.15, -0.1) is 0 Å². The summed E-state index contributed by atoms with van der Waals surface area (Å²) in [7, 11) is 5.74. The van der Waals surface area contributed by atoms with Gasteiger partial charge in [0.25, 0.3) is 0 Å². The highest BCUT2D eigenvalue weighted by Gasteiger charge is 2.39. The smallest absolute Gasteiger partial charge is 0.182 e. The van der Waals surface area contributed by atoms with Crippen molar-refractivity contribution in [3.8, 4) is 0 Å². The van der Waals surface area contributed by atoms with Gasteiger partial charge >= 0.3 is 0 Å². The van der Waals surface area contributed by atoms with Crippen molar-refractivity contribution in [3.63, 3.8) is 0 Å². The number of hydrogen-bond acceptors (Lipinski definition) is 1. The molecule has 2 bridgehead atoms. The minimum atomic E-state index is 0.718. The van der Waals surface area contributed by atoms with Crippen LogP contribution in [0.2, 0.25) is 0 Å². The Kier molecular flexibility index (Phi) is 1.13. The lowest BCUT2D eigenvalue weighted by Crippen LogP contribution is -2.34. The fraction of sp³-hybridized carbons (Fsp3) is 1.00. The molecule has 2 fully saturated rings. The van der Waals surface area contributed by atoms with Crippen LogP contribution in [0.15, 0.2) is 0 Å². The molecular formula is C7H12BN. The van der Waals surface area contributed by atoms with Gasteiger partial charge in [-0.25, -0.2) is 0 Å². The minimum absolute atomic E-state index is 0.718. The molecule has 1 nitrogen and oxygen atoms in total. The molecule has 2 heteroatoms. The first-order valence-electron chi connectivity index (χ1n) is 3.78. The molecule has 0 amide bonds. The van der Waals surface area contributed by atoms with Gasteiger partial charge in [-0.1, -0.05) is 6.92 Å². The topological polar surface area (TPSA) is 3.24 Å². The van der Waals surface area contributed by atoms with E-state index in [4.69, 9.17) is 7.98 Å². The summed E-state index contributed by atoms with van der Waals surface area (Å²) >= 11 is 0. The van der Waals surface area contributed by atoms with Crippen molar-refractivity contribution in [1.29, 1.82) is 0 Å². The van der Waals surface area contributed by atoms with Crippen LogP contribution in [-0.4, -0.2) is 25.4 Å². The van der Waals surface area contributed by atoms with Crippen LogP contribution < -0.4 is 0 Å². The average Bonchev–Trinajstić information content (AvgIpc) is 2.22. The van der Waals surface area contributed by atoms with E-state index in [1.807, 2.05) is 4.81 Å². The van der Waals surface area contributed by atoms with Gasteiger partial charge in [-0.2, -0.15) is 0 Å². The summed E-state index contributed by atoms with van der Waals surface area (Å²) in [6.07, 6.45) is 2.77. The molecule has 3 unspecified atom stereocenters. The average molecular weight is 121 g/mol. The fourth-order valence-electron chi connectivity index (χ4n) is 2.40. The number of hydrogen-bond donors (Lipinski definition) is 0. The van der Waals surface area contributed by atoms with Crippen molar-refractivity contribution in [2.24, 2.45) is 11.8 Å². The van der Waals surface area contributed by atoms with Gasteiger partial charge in [0.2, 0.25) is 0 Å². The predicted molar refractivity (Wildman–Crippen MR) is 38.1 cm³/mol. The van der Waals surface area contributed by atoms with E-state index in [0.717, 1.165) is 24.4 Å². The largest absolute Gasteiger partial charge is 0.350 e. The third-order valence-electron chi connectivity index (χ3n) is 2.83. The molecule has 0 N–H and O–H groups in total. The molecule has 0 aromatic rings. The molecule has 2 aliphatic rings. The van der Waals surface area contributed by atoms with Crippen molar-refractivity contribution in [1.82, 2.24) is 4.81 Å². The van der Waals surface area contributed by atoms with Gasteiger partial charge in [-0.05, 0) is 31.2 Å². The Balaban J connectivity index is 2.13. The van der Waals surface area contributed by atoms with Crippen LogP contribution in [0.4, 0.5) is 0 Å². The van der Waals surface area contributed by atoms with E-state index >= 15 is 0 Å². The zero-order valence-electron chi connectivity index (χ0n) is 5.88. The normalized spacial score (nSPS) is 50.6. The summed E-state index contributed by atoms with van der Waals surface area (Å²) in [4.78, 5) is 2.03. The van der Waals surface area contributed by atoms with Crippen molar-refractivity contribution in [2.45, 2.75) is 25.8 Å². The first-order chi connectivity index (χ1) is 4.27. The zero-order chi connectivity index (χ0) is 6.43. The van der Waals surface area contributed by atoms with E-state index in [1.54, 1.807) is 0 Å². The van der Waals surface area contributed by atoms with Crippen LogP contribution >= 0.6 is 0 Å². The van der Waals surface area contributed by atoms with Crippen molar-refractivity contribution in [2.75, 3.05) is 6.54 Å². The van der Waals surface area contributed by atoms with Crippen LogP contribution in [-0.2, 0) is 0 Å². The Labute approximate surface area is 57.9 Å². The highest BCUT2D eigenvalue weighted by Crippen LogP contribution is 2.39. The predicted octanol–water partition coefficient (Wildman–Crippen LogP) is 0.800. The standard InChI is InChI=1S/C7H12BN/c1-5-2-6-3-7(5)9(8)4-6/h5-7H,2-4H2,1H3. The highest BCUT2D eigenvalue weighted by molar-refractivity contribution is 6.04. The van der Waals surface area contributed by atoms with E-state index in [0.29, 0.717) is 0 Å². The van der Waals surface area contributed by atoms with Gasteiger partial charge < -0.3 is 4.81 Å². The molecule has 2 rings (SSSR count). The molecule has 9 heavy (non-hydrogen) atoms. The first-order valence-corrected chi connectivity index (χ1v) is 3.78. The van der Waals surface area contributed by atoms with Gasteiger partial charge in [0.15, 0.2) is 7.98 Å². The SMILES string of the molecule is [B]N1CC2CC(C)C1C2. The lowest BCUT2D eigenvalue weighted by atomic mass is 9.98. The summed E-state index contributed by atoms with van der Waals surface area (Å²) in [5.41, 5.74) is 0. The van der Waals surface area contributed by atoms with Gasteiger partial charge in [0, 0.05) is 6.04 Å². The Hall–Kier alpha value is 0.0249. The van der Waals surface area contributed by atoms with Crippen molar-refractivity contribution < 1.29 is 0 Å². The summed E-state index contributed by atoms with van der Waals surface area (Å²) in [5.74, 6) is 1.78. The number of rotatable bonds is 0. The highest BCUT2D eigenvalue weighted by atomic mass is 15.1. The number of piperidine rings is 1. The lowest BCUT2D eigenvalue weighted by molar-refractivity contribution is 0.276. The van der Waals surface area contributed by atoms with Crippen LogP contribution in [0.25, 0.3) is 0 Å². The molecule has 0 aromatic carbocycles. The molecule has 0 aromatic heterocycles. The molecule has 1 saturated heterocycles. The van der Waals surface area contributed by atoms with Gasteiger partial charge in [-0.3, -0.25) is 0 Å². The zero-order valence-corrected chi connectivity index (χ0v) is 5.88. The molecule has 1 saturated carbocycles. The van der Waals surface area contributed by atoms with E-state index in [-0.39, 0.29) is 0 Å². The molecular weight excluding hydrogens is 109 g/mol. The fourth-order valence-corrected chi connectivity index (χ4v) is 2.40. The third kappa shape index (κ3) is 0.726. The summed E-state index contributed by atoms with van der Waals surface area (Å²) in [6, 6.07) is 0.718. The molecule has 2 radical (unpaired) electrons. The van der Waals surface area contributed by atoms with Crippen LogP contribution in [0, 0.1) is 11.8 Å². The quantitative estimate of drug-likeness (QED) is 0.428. The minimum Gasteiger partial charge on any atom is -0.350 e. The molecule has 0 spiro atoms. The summed E-state index contributed by atoms with van der Waals surface area (Å²) in [5, 5.41) is 0. The van der Waals surface area contributed by atoms with Gasteiger partial charge in [0.1, 0.15) is 0 Å². The second-order valence-corrected chi connectivity index (χ2v) is 3.58. The van der Waals surface area contributed by atoms with Crippen molar-refractivity contribution in [3.05, 3.63) is 0 Å². The molecule has 1 aliphatic heterocycles. The van der Waals surface area contributed by atoms with E-state index in [1.165, 1.54) is 12.8 Å². The third-order valence-corrected chi connectivity index (χ3v) is 2.83. The van der Waals surface area contributed by atoms with Crippen LogP contribution in [0.3, 0.4) is 0 Å². The van der Waals surface area contributed by atoms with Gasteiger partial charge in [0.05, 0.1) is 0 Å². The molecule has 1 aliphatic carbocycles. The molecule has 48 valence electrons. The maximum absolute atomic E-state index is 5.74. The number of fused-ring (bicyclic) bond motifs is 2. The number of nitrogens with zero attached hydrogens (tertiary/aromatic N) is 1.